The number of hydrogen-bond acceptors (Lipinski definition) is 9. The number of ether oxygens (including phenoxy) is 1. The molecule has 3 fully saturated rings. The van der Waals surface area contributed by atoms with Gasteiger partial charge >= 0.3 is 0 Å². The molecule has 4 amide bonds. The van der Waals surface area contributed by atoms with Gasteiger partial charge < -0.3 is 19.6 Å². The van der Waals surface area contributed by atoms with Crippen molar-refractivity contribution in [3.8, 4) is 11.5 Å². The number of fused-ring (bicyclic) bond motifs is 2. The molecule has 12 heteroatoms. The average molecular weight is 758 g/mol. The molecule has 9 rings (SSSR count). The van der Waals surface area contributed by atoms with Crippen LogP contribution in [0, 0.1) is 11.7 Å². The number of carbonyl (C=O) groups is 4. The maximum atomic E-state index is 16.1. The van der Waals surface area contributed by atoms with Crippen LogP contribution in [0.4, 0.5) is 15.8 Å². The van der Waals surface area contributed by atoms with Crippen molar-refractivity contribution in [1.82, 2.24) is 15.1 Å². The lowest BCUT2D eigenvalue weighted by molar-refractivity contribution is -0.136. The molecule has 0 aliphatic carbocycles. The van der Waals surface area contributed by atoms with Gasteiger partial charge in [0.15, 0.2) is 0 Å². The van der Waals surface area contributed by atoms with Crippen LogP contribution < -0.4 is 19.9 Å². The summed E-state index contributed by atoms with van der Waals surface area (Å²) in [4.78, 5) is 58.4. The molecular weight excluding hydrogens is 714 g/mol. The van der Waals surface area contributed by atoms with Crippen LogP contribution in [0.3, 0.4) is 0 Å². The molecule has 0 aromatic heterocycles. The normalized spacial score (nSPS) is 23.2. The van der Waals surface area contributed by atoms with Crippen molar-refractivity contribution in [2.24, 2.45) is 5.92 Å². The minimum absolute atomic E-state index is 0.00259. The van der Waals surface area contributed by atoms with E-state index in [1.165, 1.54) is 0 Å². The molecule has 0 saturated carbocycles. The number of piperidine rings is 2. The van der Waals surface area contributed by atoms with Crippen LogP contribution in [-0.4, -0.2) is 97.0 Å². The first-order valence-electron chi connectivity index (χ1n) is 19.6. The van der Waals surface area contributed by atoms with Gasteiger partial charge in [-0.25, -0.2) is 4.39 Å². The Morgan fingerprint density at radius 1 is 0.750 bits per heavy atom. The Kier molecular flexibility index (Phi) is 9.44. The Labute approximate surface area is 324 Å². The van der Waals surface area contributed by atoms with Gasteiger partial charge in [-0.3, -0.25) is 34.3 Å². The maximum absolute atomic E-state index is 16.1. The number of nitrogens with one attached hydrogen (secondary N) is 1. The predicted molar refractivity (Wildman–Crippen MR) is 208 cm³/mol. The number of halogens is 1. The number of imide groups is 2. The molecule has 11 nitrogen and oxygen atoms in total. The van der Waals surface area contributed by atoms with E-state index in [0.717, 1.165) is 85.9 Å². The maximum Gasteiger partial charge on any atom is 0.262 e. The molecule has 56 heavy (non-hydrogen) atoms. The Hall–Kier alpha value is -5.75. The zero-order valence-corrected chi connectivity index (χ0v) is 31.0. The summed E-state index contributed by atoms with van der Waals surface area (Å²) in [7, 11) is 0. The van der Waals surface area contributed by atoms with E-state index in [2.05, 4.69) is 38.2 Å². The number of amides is 4. The zero-order chi connectivity index (χ0) is 38.5. The van der Waals surface area contributed by atoms with Gasteiger partial charge in [0.05, 0.1) is 23.4 Å². The van der Waals surface area contributed by atoms with Crippen molar-refractivity contribution >= 4 is 35.0 Å². The highest BCUT2D eigenvalue weighted by Gasteiger charge is 2.45. The molecule has 2 N–H and O–H groups in total. The quantitative estimate of drug-likeness (QED) is 0.243. The molecular formula is C44H44FN5O6. The van der Waals surface area contributed by atoms with Crippen LogP contribution in [0.25, 0.3) is 0 Å². The summed E-state index contributed by atoms with van der Waals surface area (Å²) in [6.07, 6.45) is 2.16. The standard InChI is InChI=1S/C44H44FN5O6/c45-36-22-29(41-33-10-8-31(51)24-39(33)56-26-35(41)28-4-2-1-3-5-28)6-11-37(36)49-16-14-27(15-17-49)25-47-18-20-48(21-19-47)30-7-9-32-34(23-30)44(55)50(43(32)54)38-12-13-40(52)46-42(38)53/h1-11,22-24,27,35,38,41,51H,12-21,25-26H2,(H,46,52,53)/t35?,38-,41+/m0/s1. The number of hydrogen-bond donors (Lipinski definition) is 2. The molecule has 1 unspecified atom stereocenters. The zero-order valence-electron chi connectivity index (χ0n) is 31.0. The van der Waals surface area contributed by atoms with Crippen molar-refractivity contribution in [3.63, 3.8) is 0 Å². The lowest BCUT2D eigenvalue weighted by atomic mass is 9.76. The largest absolute Gasteiger partial charge is 0.508 e. The van der Waals surface area contributed by atoms with Gasteiger partial charge in [0.1, 0.15) is 23.4 Å². The molecule has 4 aromatic carbocycles. The van der Waals surface area contributed by atoms with E-state index in [9.17, 15) is 24.3 Å². The molecule has 5 aliphatic rings. The molecule has 3 saturated heterocycles. The minimum atomic E-state index is -0.981. The van der Waals surface area contributed by atoms with E-state index < -0.39 is 29.7 Å². The third-order valence-electron chi connectivity index (χ3n) is 12.3. The summed E-state index contributed by atoms with van der Waals surface area (Å²) < 4.78 is 22.2. The van der Waals surface area contributed by atoms with Crippen LogP contribution in [0.5, 0.6) is 11.5 Å². The van der Waals surface area contributed by atoms with E-state index in [4.69, 9.17) is 4.74 Å². The molecule has 0 radical (unpaired) electrons. The Morgan fingerprint density at radius 3 is 2.27 bits per heavy atom. The Morgan fingerprint density at radius 2 is 1.52 bits per heavy atom. The van der Waals surface area contributed by atoms with E-state index >= 15 is 4.39 Å². The number of phenols is 1. The van der Waals surface area contributed by atoms with E-state index in [1.54, 1.807) is 30.3 Å². The number of benzene rings is 4. The number of carbonyl (C=O) groups excluding carboxylic acids is 4. The second kappa shape index (κ2) is 14.7. The van der Waals surface area contributed by atoms with E-state index in [-0.39, 0.29) is 41.8 Å². The number of aromatic hydroxyl groups is 1. The first-order chi connectivity index (χ1) is 27.2. The van der Waals surface area contributed by atoms with Gasteiger partial charge in [0, 0.05) is 81.4 Å². The van der Waals surface area contributed by atoms with Crippen LogP contribution in [0.15, 0.2) is 84.9 Å². The number of piperazine rings is 1. The smallest absolute Gasteiger partial charge is 0.262 e. The van der Waals surface area contributed by atoms with Crippen LogP contribution in [0.2, 0.25) is 0 Å². The summed E-state index contributed by atoms with van der Waals surface area (Å²) in [5.41, 5.74) is 5.03. The number of nitrogens with zero attached hydrogens (tertiary/aromatic N) is 4. The van der Waals surface area contributed by atoms with Crippen molar-refractivity contribution < 1.29 is 33.4 Å². The SMILES string of the molecule is O=C1CC[C@H](N2C(=O)c3ccc(N4CCN(CC5CCN(c6ccc([C@@H]7c8ccc(O)cc8OCC7c7ccccc7)cc6F)CC5)CC4)cc3C2=O)C(=O)N1. The fraction of sp³-hybridized carbons (Fsp3) is 0.364. The number of anilines is 2. The first kappa shape index (κ1) is 35.9. The molecule has 3 atom stereocenters. The van der Waals surface area contributed by atoms with Crippen molar-refractivity contribution in [1.29, 1.82) is 0 Å². The highest BCUT2D eigenvalue weighted by molar-refractivity contribution is 6.23. The van der Waals surface area contributed by atoms with Gasteiger partial charge in [0.25, 0.3) is 11.8 Å². The van der Waals surface area contributed by atoms with Gasteiger partial charge in [-0.05, 0) is 72.7 Å². The molecule has 4 aromatic rings. The molecule has 288 valence electrons. The third kappa shape index (κ3) is 6.65. The topological polar surface area (TPSA) is 123 Å². The Bertz CT molecular complexity index is 2200. The van der Waals surface area contributed by atoms with Gasteiger partial charge in [-0.15, -0.1) is 0 Å². The first-order valence-corrected chi connectivity index (χ1v) is 19.6. The highest BCUT2D eigenvalue weighted by atomic mass is 19.1. The fourth-order valence-corrected chi connectivity index (χ4v) is 9.34. The van der Waals surface area contributed by atoms with Crippen molar-refractivity contribution in [2.75, 3.05) is 62.2 Å². The van der Waals surface area contributed by atoms with Crippen LogP contribution >= 0.6 is 0 Å². The monoisotopic (exact) mass is 757 g/mol. The summed E-state index contributed by atoms with van der Waals surface area (Å²) in [5, 5.41) is 12.4. The van der Waals surface area contributed by atoms with E-state index in [1.807, 2.05) is 36.4 Å². The second-order valence-electron chi connectivity index (χ2n) is 15.6. The summed E-state index contributed by atoms with van der Waals surface area (Å²) in [6, 6.07) is 25.4. The van der Waals surface area contributed by atoms with Gasteiger partial charge in [-0.2, -0.15) is 0 Å². The molecule has 5 heterocycles. The third-order valence-corrected chi connectivity index (χ3v) is 12.3. The fourth-order valence-electron chi connectivity index (χ4n) is 9.34. The Balaban J connectivity index is 0.802. The molecule has 5 aliphatic heterocycles. The predicted octanol–water partition coefficient (Wildman–Crippen LogP) is 5.28. The lowest BCUT2D eigenvalue weighted by Crippen LogP contribution is -2.54. The van der Waals surface area contributed by atoms with Crippen molar-refractivity contribution in [3.05, 3.63) is 119 Å². The summed E-state index contributed by atoms with van der Waals surface area (Å²) in [5.74, 6) is -1.08. The van der Waals surface area contributed by atoms with Crippen molar-refractivity contribution in [2.45, 2.75) is 43.6 Å². The average Bonchev–Trinajstić information content (AvgIpc) is 3.46. The summed E-state index contributed by atoms with van der Waals surface area (Å²) >= 11 is 0. The number of rotatable bonds is 7. The molecule has 0 bridgehead atoms. The van der Waals surface area contributed by atoms with Gasteiger partial charge in [-0.1, -0.05) is 42.5 Å². The lowest BCUT2D eigenvalue weighted by Gasteiger charge is -2.40. The number of phenolic OH excluding ortho intramolecular Hbond substituents is 1. The summed E-state index contributed by atoms with van der Waals surface area (Å²) in [6.45, 7) is 6.25. The second-order valence-corrected chi connectivity index (χ2v) is 15.6. The molecule has 0 spiro atoms. The van der Waals surface area contributed by atoms with Crippen LogP contribution in [0.1, 0.15) is 74.9 Å². The highest BCUT2D eigenvalue weighted by Crippen LogP contribution is 2.47. The van der Waals surface area contributed by atoms with Gasteiger partial charge in [0.2, 0.25) is 11.8 Å². The minimum Gasteiger partial charge on any atom is -0.508 e. The van der Waals surface area contributed by atoms with Crippen LogP contribution in [-0.2, 0) is 9.59 Å². The van der Waals surface area contributed by atoms with E-state index in [0.29, 0.717) is 29.5 Å².